The summed E-state index contributed by atoms with van der Waals surface area (Å²) < 4.78 is 23.5. The first kappa shape index (κ1) is 20.2. The number of halogens is 3. The van der Waals surface area contributed by atoms with Gasteiger partial charge in [0.15, 0.2) is 0 Å². The Bertz CT molecular complexity index is 1100. The van der Waals surface area contributed by atoms with Gasteiger partial charge in [-0.05, 0) is 48.5 Å². The van der Waals surface area contributed by atoms with E-state index in [9.17, 15) is 4.39 Å². The third-order valence-electron chi connectivity index (χ3n) is 5.11. The van der Waals surface area contributed by atoms with Gasteiger partial charge in [-0.2, -0.15) is 0 Å². The second-order valence-corrected chi connectivity index (χ2v) is 8.90. The molecule has 150 valence electrons. The first-order valence-corrected chi connectivity index (χ1v) is 11.0. The summed E-state index contributed by atoms with van der Waals surface area (Å²) in [6.45, 7) is 0.736. The van der Waals surface area contributed by atoms with E-state index in [2.05, 4.69) is 66.0 Å². The SMILES string of the molecule is COc1cccc(NCC(CF)Cn2c3ccc(Br)cc3c3cc(Br)ccc32)c1. The van der Waals surface area contributed by atoms with Gasteiger partial charge in [0.1, 0.15) is 5.75 Å². The molecule has 3 nitrogen and oxygen atoms in total. The summed E-state index contributed by atoms with van der Waals surface area (Å²) in [6.07, 6.45) is 0. The number of nitrogens with one attached hydrogen (secondary N) is 1. The van der Waals surface area contributed by atoms with Gasteiger partial charge < -0.3 is 14.6 Å². The number of alkyl halides is 1. The van der Waals surface area contributed by atoms with Crippen molar-refractivity contribution in [2.75, 3.05) is 25.6 Å². The fourth-order valence-electron chi connectivity index (χ4n) is 3.67. The third-order valence-corrected chi connectivity index (χ3v) is 6.10. The fourth-order valence-corrected chi connectivity index (χ4v) is 4.39. The summed E-state index contributed by atoms with van der Waals surface area (Å²) >= 11 is 7.14. The van der Waals surface area contributed by atoms with E-state index in [1.807, 2.05) is 36.4 Å². The third kappa shape index (κ3) is 4.28. The van der Waals surface area contributed by atoms with E-state index in [4.69, 9.17) is 4.74 Å². The highest BCUT2D eigenvalue weighted by molar-refractivity contribution is 9.10. The van der Waals surface area contributed by atoms with Crippen molar-refractivity contribution in [2.24, 2.45) is 5.92 Å². The highest BCUT2D eigenvalue weighted by atomic mass is 79.9. The van der Waals surface area contributed by atoms with Gasteiger partial charge >= 0.3 is 0 Å². The van der Waals surface area contributed by atoms with Gasteiger partial charge in [-0.15, -0.1) is 0 Å². The Kier molecular flexibility index (Phi) is 6.11. The van der Waals surface area contributed by atoms with Crippen LogP contribution in [-0.4, -0.2) is 24.9 Å². The van der Waals surface area contributed by atoms with Crippen molar-refractivity contribution in [3.8, 4) is 5.75 Å². The molecule has 29 heavy (non-hydrogen) atoms. The predicted octanol–water partition coefficient (Wildman–Crippen LogP) is 7.03. The maximum absolute atomic E-state index is 13.9. The van der Waals surface area contributed by atoms with Gasteiger partial charge in [-0.1, -0.05) is 37.9 Å². The quantitative estimate of drug-likeness (QED) is 0.284. The molecule has 0 spiro atoms. The van der Waals surface area contributed by atoms with Crippen LogP contribution < -0.4 is 10.1 Å². The second-order valence-electron chi connectivity index (χ2n) is 7.07. The number of anilines is 1. The zero-order chi connectivity index (χ0) is 20.4. The molecule has 0 bridgehead atoms. The molecule has 1 aromatic heterocycles. The van der Waals surface area contributed by atoms with Crippen molar-refractivity contribution in [2.45, 2.75) is 6.54 Å². The van der Waals surface area contributed by atoms with Crippen LogP contribution in [0.4, 0.5) is 10.1 Å². The number of benzene rings is 3. The Morgan fingerprint density at radius 3 is 2.21 bits per heavy atom. The normalized spacial score (nSPS) is 12.4. The van der Waals surface area contributed by atoms with E-state index in [1.54, 1.807) is 7.11 Å². The molecule has 0 aliphatic rings. The highest BCUT2D eigenvalue weighted by Crippen LogP contribution is 2.33. The fraction of sp³-hybridized carbons (Fsp3) is 0.217. The molecule has 6 heteroatoms. The van der Waals surface area contributed by atoms with Crippen molar-refractivity contribution < 1.29 is 9.13 Å². The Morgan fingerprint density at radius 1 is 0.966 bits per heavy atom. The van der Waals surface area contributed by atoms with Crippen molar-refractivity contribution in [3.05, 3.63) is 69.6 Å². The van der Waals surface area contributed by atoms with Crippen LogP contribution in [0.1, 0.15) is 0 Å². The van der Waals surface area contributed by atoms with E-state index < -0.39 is 6.67 Å². The molecule has 4 aromatic rings. The average molecular weight is 520 g/mol. The topological polar surface area (TPSA) is 26.2 Å². The van der Waals surface area contributed by atoms with Crippen LogP contribution in [-0.2, 0) is 6.54 Å². The van der Waals surface area contributed by atoms with Crippen LogP contribution in [0.2, 0.25) is 0 Å². The molecule has 1 unspecified atom stereocenters. The lowest BCUT2D eigenvalue weighted by Crippen LogP contribution is -2.21. The molecular formula is C23H21Br2FN2O. The molecule has 0 amide bonds. The van der Waals surface area contributed by atoms with Crippen molar-refractivity contribution >= 4 is 59.4 Å². The van der Waals surface area contributed by atoms with Crippen LogP contribution in [0.25, 0.3) is 21.8 Å². The molecule has 0 radical (unpaired) electrons. The summed E-state index contributed by atoms with van der Waals surface area (Å²) in [7, 11) is 1.64. The van der Waals surface area contributed by atoms with Crippen molar-refractivity contribution in [1.29, 1.82) is 0 Å². The van der Waals surface area contributed by atoms with Gasteiger partial charge in [0.2, 0.25) is 0 Å². The molecule has 3 aromatic carbocycles. The number of fused-ring (bicyclic) bond motifs is 3. The first-order valence-electron chi connectivity index (χ1n) is 9.40. The molecular weight excluding hydrogens is 499 g/mol. The molecule has 0 saturated carbocycles. The molecule has 0 saturated heterocycles. The minimum atomic E-state index is -0.398. The summed E-state index contributed by atoms with van der Waals surface area (Å²) in [5, 5.41) is 5.67. The van der Waals surface area contributed by atoms with Crippen LogP contribution in [0, 0.1) is 5.92 Å². The Balaban J connectivity index is 1.64. The standard InChI is InChI=1S/C23H21Br2FN2O/c1-29-19-4-2-3-18(11-19)27-13-15(12-26)14-28-22-7-5-16(24)9-20(22)21-10-17(25)6-8-23(21)28/h2-11,15,27H,12-14H2,1H3. The van der Waals surface area contributed by atoms with Crippen LogP contribution in [0.15, 0.2) is 69.6 Å². The molecule has 0 aliphatic carbocycles. The zero-order valence-electron chi connectivity index (χ0n) is 16.0. The number of hydrogen-bond donors (Lipinski definition) is 1. The maximum Gasteiger partial charge on any atom is 0.120 e. The lowest BCUT2D eigenvalue weighted by molar-refractivity contribution is 0.344. The molecule has 4 rings (SSSR count). The van der Waals surface area contributed by atoms with Crippen molar-refractivity contribution in [1.82, 2.24) is 4.57 Å². The summed E-state index contributed by atoms with van der Waals surface area (Å²) in [5.74, 6) is 0.623. The second kappa shape index (κ2) is 8.76. The lowest BCUT2D eigenvalue weighted by Gasteiger charge is -2.18. The minimum absolute atomic E-state index is 0.160. The number of rotatable bonds is 7. The van der Waals surface area contributed by atoms with Crippen LogP contribution in [0.3, 0.4) is 0 Å². The molecule has 0 fully saturated rings. The molecule has 1 heterocycles. The summed E-state index contributed by atoms with van der Waals surface area (Å²) in [6, 6.07) is 20.2. The van der Waals surface area contributed by atoms with E-state index >= 15 is 0 Å². The van der Waals surface area contributed by atoms with Crippen LogP contribution >= 0.6 is 31.9 Å². The Labute approximate surface area is 186 Å². The predicted molar refractivity (Wildman–Crippen MR) is 126 cm³/mol. The number of hydrogen-bond acceptors (Lipinski definition) is 2. The van der Waals surface area contributed by atoms with E-state index in [0.29, 0.717) is 13.1 Å². The smallest absolute Gasteiger partial charge is 0.120 e. The van der Waals surface area contributed by atoms with E-state index in [-0.39, 0.29) is 5.92 Å². The molecule has 1 N–H and O–H groups in total. The van der Waals surface area contributed by atoms with E-state index in [0.717, 1.165) is 42.2 Å². The monoisotopic (exact) mass is 518 g/mol. The van der Waals surface area contributed by atoms with Gasteiger partial charge in [0.05, 0.1) is 13.8 Å². The Hall–Kier alpha value is -2.05. The van der Waals surface area contributed by atoms with Gasteiger partial charge in [0.25, 0.3) is 0 Å². The van der Waals surface area contributed by atoms with Crippen molar-refractivity contribution in [3.63, 3.8) is 0 Å². The zero-order valence-corrected chi connectivity index (χ0v) is 19.1. The maximum atomic E-state index is 13.9. The highest BCUT2D eigenvalue weighted by Gasteiger charge is 2.16. The van der Waals surface area contributed by atoms with E-state index in [1.165, 1.54) is 0 Å². The summed E-state index contributed by atoms with van der Waals surface area (Å²) in [5.41, 5.74) is 3.15. The summed E-state index contributed by atoms with van der Waals surface area (Å²) in [4.78, 5) is 0. The largest absolute Gasteiger partial charge is 0.497 e. The van der Waals surface area contributed by atoms with Gasteiger partial charge in [0, 0.05) is 61.5 Å². The van der Waals surface area contributed by atoms with Gasteiger partial charge in [-0.25, -0.2) is 0 Å². The number of methoxy groups -OCH3 is 1. The minimum Gasteiger partial charge on any atom is -0.497 e. The van der Waals surface area contributed by atoms with Crippen LogP contribution in [0.5, 0.6) is 5.75 Å². The average Bonchev–Trinajstić information content (AvgIpc) is 3.03. The lowest BCUT2D eigenvalue weighted by atomic mass is 10.1. The molecule has 0 aliphatic heterocycles. The number of ether oxygens (including phenoxy) is 1. The number of nitrogens with zero attached hydrogens (tertiary/aromatic N) is 1. The Morgan fingerprint density at radius 2 is 1.62 bits per heavy atom. The first-order chi connectivity index (χ1) is 14.1. The number of aromatic nitrogens is 1. The van der Waals surface area contributed by atoms with Gasteiger partial charge in [-0.3, -0.25) is 4.39 Å². The molecule has 1 atom stereocenters.